The molecule has 0 bridgehead atoms. The Morgan fingerprint density at radius 2 is 1.92 bits per heavy atom. The van der Waals surface area contributed by atoms with Gasteiger partial charge in [0.15, 0.2) is 0 Å². The van der Waals surface area contributed by atoms with Gasteiger partial charge in [0.05, 0.1) is 6.54 Å². The molecular weight excluding hydrogens is 322 g/mol. The van der Waals surface area contributed by atoms with Crippen LogP contribution in [0, 0.1) is 5.41 Å². The molecule has 128 valence electrons. The minimum Gasteiger partial charge on any atom is -0.448 e. The molecule has 2 heterocycles. The van der Waals surface area contributed by atoms with Crippen molar-refractivity contribution in [2.45, 2.75) is 36.8 Å². The number of nitrogens with zero attached hydrogens (tertiary/aromatic N) is 1. The van der Waals surface area contributed by atoms with Gasteiger partial charge in [0.1, 0.15) is 5.76 Å². The van der Waals surface area contributed by atoms with Crippen LogP contribution in [0.25, 0.3) is 0 Å². The van der Waals surface area contributed by atoms with E-state index < -0.39 is 9.84 Å². The molecular formula is C19H23NO3S. The van der Waals surface area contributed by atoms with Crippen molar-refractivity contribution in [3.05, 3.63) is 53.8 Å². The number of benzene rings is 1. The molecule has 2 aromatic rings. The lowest BCUT2D eigenvalue weighted by molar-refractivity contribution is 0.118. The van der Waals surface area contributed by atoms with Crippen LogP contribution >= 0.6 is 0 Å². The van der Waals surface area contributed by atoms with Crippen LogP contribution in [0.3, 0.4) is 0 Å². The van der Waals surface area contributed by atoms with Gasteiger partial charge in [0.2, 0.25) is 14.9 Å². The first kappa shape index (κ1) is 15.9. The van der Waals surface area contributed by atoms with E-state index in [-0.39, 0.29) is 5.09 Å². The molecule has 2 aliphatic rings. The van der Waals surface area contributed by atoms with E-state index in [0.717, 1.165) is 18.8 Å². The van der Waals surface area contributed by atoms with Gasteiger partial charge in [0.25, 0.3) is 0 Å². The lowest BCUT2D eigenvalue weighted by Crippen LogP contribution is -2.36. The van der Waals surface area contributed by atoms with Gasteiger partial charge >= 0.3 is 0 Å². The molecule has 1 saturated heterocycles. The summed E-state index contributed by atoms with van der Waals surface area (Å²) in [5.74, 6) is 1.30. The molecule has 4 rings (SSSR count). The van der Waals surface area contributed by atoms with Gasteiger partial charge in [-0.25, -0.2) is 8.42 Å². The van der Waals surface area contributed by atoms with Crippen LogP contribution in [0.4, 0.5) is 0 Å². The predicted octanol–water partition coefficient (Wildman–Crippen LogP) is 3.45. The van der Waals surface area contributed by atoms with Crippen molar-refractivity contribution in [2.24, 2.45) is 5.41 Å². The third-order valence-corrected chi connectivity index (χ3v) is 6.60. The van der Waals surface area contributed by atoms with E-state index in [1.54, 1.807) is 12.1 Å². The van der Waals surface area contributed by atoms with Crippen molar-refractivity contribution >= 4 is 9.84 Å². The Balaban J connectivity index is 1.53. The van der Waals surface area contributed by atoms with E-state index in [2.05, 4.69) is 35.2 Å². The predicted molar refractivity (Wildman–Crippen MR) is 92.6 cm³/mol. The van der Waals surface area contributed by atoms with E-state index in [1.807, 2.05) is 0 Å². The second kappa shape index (κ2) is 5.74. The largest absolute Gasteiger partial charge is 0.448 e. The summed E-state index contributed by atoms with van der Waals surface area (Å²) in [5, 5.41) is 0.0645. The van der Waals surface area contributed by atoms with Crippen molar-refractivity contribution in [3.8, 4) is 0 Å². The summed E-state index contributed by atoms with van der Waals surface area (Å²) in [6, 6.07) is 14.1. The first-order chi connectivity index (χ1) is 11.5. The summed E-state index contributed by atoms with van der Waals surface area (Å²) in [6.07, 6.45) is 5.07. The smallest absolute Gasteiger partial charge is 0.217 e. The normalized spacial score (nSPS) is 23.5. The van der Waals surface area contributed by atoms with Gasteiger partial charge in [-0.3, -0.25) is 4.90 Å². The van der Waals surface area contributed by atoms with Crippen molar-refractivity contribution in [2.75, 3.05) is 19.3 Å². The number of rotatable bonds is 4. The molecule has 1 saturated carbocycles. The molecule has 1 aromatic heterocycles. The molecule has 0 N–H and O–H groups in total. The SMILES string of the molecule is CS(=O)(=O)c1ccc(CN2CC(c3ccccc3)C3(CCC3)C2)o1. The third kappa shape index (κ3) is 2.80. The van der Waals surface area contributed by atoms with Crippen molar-refractivity contribution in [1.82, 2.24) is 4.90 Å². The van der Waals surface area contributed by atoms with Gasteiger partial charge in [-0.1, -0.05) is 36.8 Å². The van der Waals surface area contributed by atoms with E-state index in [4.69, 9.17) is 4.42 Å². The number of furan rings is 1. The minimum absolute atomic E-state index is 0.0645. The fourth-order valence-electron chi connectivity index (χ4n) is 4.34. The Kier molecular flexibility index (Phi) is 3.81. The molecule has 1 atom stereocenters. The highest BCUT2D eigenvalue weighted by Gasteiger charge is 2.50. The molecule has 1 unspecified atom stereocenters. The third-order valence-electron chi connectivity index (χ3n) is 5.65. The van der Waals surface area contributed by atoms with Crippen LogP contribution < -0.4 is 0 Å². The standard InChI is InChI=1S/C19H23NO3S/c1-24(21,22)18-9-8-16(23-18)12-20-13-17(15-6-3-2-4-7-15)19(14-20)10-5-11-19/h2-4,6-9,17H,5,10-14H2,1H3. The summed E-state index contributed by atoms with van der Waals surface area (Å²) in [6.45, 7) is 2.76. The van der Waals surface area contributed by atoms with Crippen LogP contribution in [0.5, 0.6) is 0 Å². The van der Waals surface area contributed by atoms with Gasteiger partial charge in [-0.2, -0.15) is 0 Å². The Hall–Kier alpha value is -1.59. The average molecular weight is 345 g/mol. The van der Waals surface area contributed by atoms with Crippen LogP contribution in [0.15, 0.2) is 52.0 Å². The van der Waals surface area contributed by atoms with Crippen LogP contribution in [0.2, 0.25) is 0 Å². The number of sulfone groups is 1. The summed E-state index contributed by atoms with van der Waals surface area (Å²) in [4.78, 5) is 2.42. The minimum atomic E-state index is -3.27. The summed E-state index contributed by atoms with van der Waals surface area (Å²) in [7, 11) is -3.27. The van der Waals surface area contributed by atoms with Gasteiger partial charge in [-0.15, -0.1) is 0 Å². The lowest BCUT2D eigenvalue weighted by atomic mass is 9.61. The molecule has 0 radical (unpaired) electrons. The monoisotopic (exact) mass is 345 g/mol. The van der Waals surface area contributed by atoms with Gasteiger partial charge < -0.3 is 4.42 Å². The highest BCUT2D eigenvalue weighted by molar-refractivity contribution is 7.90. The quantitative estimate of drug-likeness (QED) is 0.851. The fourth-order valence-corrected chi connectivity index (χ4v) is 4.91. The summed E-state index contributed by atoms with van der Waals surface area (Å²) < 4.78 is 28.7. The summed E-state index contributed by atoms with van der Waals surface area (Å²) in [5.41, 5.74) is 1.82. The van der Waals surface area contributed by atoms with E-state index in [0.29, 0.717) is 17.9 Å². The first-order valence-corrected chi connectivity index (χ1v) is 10.4. The molecule has 1 aliphatic heterocycles. The lowest BCUT2D eigenvalue weighted by Gasteiger charge is -2.43. The highest BCUT2D eigenvalue weighted by atomic mass is 32.2. The zero-order chi connectivity index (χ0) is 16.8. The Bertz CT molecular complexity index is 821. The number of hydrogen-bond acceptors (Lipinski definition) is 4. The Morgan fingerprint density at radius 3 is 2.50 bits per heavy atom. The second-order valence-electron chi connectivity index (χ2n) is 7.34. The van der Waals surface area contributed by atoms with E-state index >= 15 is 0 Å². The molecule has 5 heteroatoms. The van der Waals surface area contributed by atoms with Gasteiger partial charge in [-0.05, 0) is 36.0 Å². The first-order valence-electron chi connectivity index (χ1n) is 8.52. The van der Waals surface area contributed by atoms with E-state index in [9.17, 15) is 8.42 Å². The van der Waals surface area contributed by atoms with Gasteiger partial charge in [0, 0.05) is 25.3 Å². The molecule has 1 aromatic carbocycles. The Morgan fingerprint density at radius 1 is 1.17 bits per heavy atom. The topological polar surface area (TPSA) is 50.5 Å². The number of hydrogen-bond donors (Lipinski definition) is 0. The molecule has 1 spiro atoms. The maximum atomic E-state index is 11.6. The molecule has 4 nitrogen and oxygen atoms in total. The fraction of sp³-hybridized carbons (Fsp3) is 0.474. The highest BCUT2D eigenvalue weighted by Crippen LogP contribution is 2.55. The number of likely N-dealkylation sites (tertiary alicyclic amines) is 1. The Labute approximate surface area is 143 Å². The van der Waals surface area contributed by atoms with Crippen LogP contribution in [-0.2, 0) is 16.4 Å². The van der Waals surface area contributed by atoms with Crippen LogP contribution in [0.1, 0.15) is 36.5 Å². The molecule has 24 heavy (non-hydrogen) atoms. The van der Waals surface area contributed by atoms with Crippen molar-refractivity contribution in [1.29, 1.82) is 0 Å². The van der Waals surface area contributed by atoms with Crippen molar-refractivity contribution < 1.29 is 12.8 Å². The van der Waals surface area contributed by atoms with Crippen molar-refractivity contribution in [3.63, 3.8) is 0 Å². The van der Waals surface area contributed by atoms with Crippen LogP contribution in [-0.4, -0.2) is 32.7 Å². The maximum absolute atomic E-state index is 11.6. The maximum Gasteiger partial charge on any atom is 0.217 e. The zero-order valence-corrected chi connectivity index (χ0v) is 14.8. The molecule has 0 amide bonds. The molecule has 2 fully saturated rings. The average Bonchev–Trinajstić information content (AvgIpc) is 3.12. The summed E-state index contributed by atoms with van der Waals surface area (Å²) >= 11 is 0. The molecule has 1 aliphatic carbocycles. The van der Waals surface area contributed by atoms with E-state index in [1.165, 1.54) is 31.1 Å². The second-order valence-corrected chi connectivity index (χ2v) is 9.29. The zero-order valence-electron chi connectivity index (χ0n) is 13.9.